The number of aromatic nitrogens is 1. The number of hydrogen-bond acceptors (Lipinski definition) is 3. The number of carbonyl (C=O) groups is 2. The van der Waals surface area contributed by atoms with Crippen molar-refractivity contribution in [2.45, 2.75) is 13.0 Å². The average molecular weight is 276 g/mol. The molecule has 5 nitrogen and oxygen atoms in total. The second-order valence-electron chi connectivity index (χ2n) is 3.30. The van der Waals surface area contributed by atoms with Gasteiger partial charge in [-0.2, -0.15) is 0 Å². The first-order chi connectivity index (χ1) is 7.95. The third kappa shape index (κ3) is 3.57. The standard InChI is InChI=1S/C10H11Cl2N3O2/c1-5(9(16)13-2)15-10(17)6-3-8(12)14-4-7(6)11/h3-5H,1-2H3,(H,13,16)(H,15,17). The molecule has 1 aromatic heterocycles. The summed E-state index contributed by atoms with van der Waals surface area (Å²) in [5.74, 6) is -0.773. The minimum Gasteiger partial charge on any atom is -0.357 e. The van der Waals surface area contributed by atoms with Crippen LogP contribution in [0.5, 0.6) is 0 Å². The molecule has 2 amide bonds. The van der Waals surface area contributed by atoms with Crippen molar-refractivity contribution in [3.8, 4) is 0 Å². The number of hydrogen-bond donors (Lipinski definition) is 2. The Morgan fingerprint density at radius 3 is 2.65 bits per heavy atom. The smallest absolute Gasteiger partial charge is 0.253 e. The maximum Gasteiger partial charge on any atom is 0.253 e. The van der Waals surface area contributed by atoms with Crippen LogP contribution in [0.4, 0.5) is 0 Å². The molecule has 7 heteroatoms. The van der Waals surface area contributed by atoms with Gasteiger partial charge in [-0.15, -0.1) is 0 Å². The molecule has 92 valence electrons. The van der Waals surface area contributed by atoms with Gasteiger partial charge in [0.1, 0.15) is 11.2 Å². The predicted molar refractivity (Wildman–Crippen MR) is 65.3 cm³/mol. The van der Waals surface area contributed by atoms with Crippen LogP contribution in [0.25, 0.3) is 0 Å². The first-order valence-corrected chi connectivity index (χ1v) is 5.54. The molecule has 1 atom stereocenters. The van der Waals surface area contributed by atoms with E-state index in [4.69, 9.17) is 23.2 Å². The van der Waals surface area contributed by atoms with Gasteiger partial charge in [0, 0.05) is 13.2 Å². The van der Waals surface area contributed by atoms with Crippen molar-refractivity contribution in [1.29, 1.82) is 0 Å². The predicted octanol–water partition coefficient (Wildman–Crippen LogP) is 1.25. The van der Waals surface area contributed by atoms with E-state index in [0.29, 0.717) is 0 Å². The van der Waals surface area contributed by atoms with Gasteiger partial charge >= 0.3 is 0 Å². The molecule has 0 aliphatic heterocycles. The van der Waals surface area contributed by atoms with E-state index in [9.17, 15) is 9.59 Å². The molecule has 1 unspecified atom stereocenters. The lowest BCUT2D eigenvalue weighted by molar-refractivity contribution is -0.122. The van der Waals surface area contributed by atoms with Crippen LogP contribution < -0.4 is 10.6 Å². The van der Waals surface area contributed by atoms with E-state index in [1.807, 2.05) is 0 Å². The maximum absolute atomic E-state index is 11.8. The van der Waals surface area contributed by atoms with Gasteiger partial charge in [-0.05, 0) is 13.0 Å². The van der Waals surface area contributed by atoms with E-state index < -0.39 is 11.9 Å². The Morgan fingerprint density at radius 2 is 2.06 bits per heavy atom. The molecule has 0 aliphatic rings. The number of nitrogens with one attached hydrogen (secondary N) is 2. The van der Waals surface area contributed by atoms with Gasteiger partial charge in [0.15, 0.2) is 0 Å². The van der Waals surface area contributed by atoms with E-state index in [2.05, 4.69) is 15.6 Å². The number of pyridine rings is 1. The minimum absolute atomic E-state index is 0.159. The topological polar surface area (TPSA) is 71.1 Å². The second-order valence-corrected chi connectivity index (χ2v) is 4.09. The molecule has 0 aromatic carbocycles. The summed E-state index contributed by atoms with van der Waals surface area (Å²) in [6.45, 7) is 1.56. The summed E-state index contributed by atoms with van der Waals surface area (Å²) in [6.07, 6.45) is 1.28. The molecule has 0 fully saturated rings. The van der Waals surface area contributed by atoms with Crippen molar-refractivity contribution in [1.82, 2.24) is 15.6 Å². The Kier molecular flexibility index (Phi) is 4.72. The molecule has 0 radical (unpaired) electrons. The molecule has 17 heavy (non-hydrogen) atoms. The second kappa shape index (κ2) is 5.84. The van der Waals surface area contributed by atoms with Crippen LogP contribution in [0.2, 0.25) is 10.2 Å². The quantitative estimate of drug-likeness (QED) is 0.816. The fraction of sp³-hybridized carbons (Fsp3) is 0.300. The maximum atomic E-state index is 11.8. The van der Waals surface area contributed by atoms with E-state index >= 15 is 0 Å². The zero-order chi connectivity index (χ0) is 13.0. The molecule has 0 saturated carbocycles. The van der Waals surface area contributed by atoms with Crippen molar-refractivity contribution >= 4 is 35.0 Å². The molecular formula is C10H11Cl2N3O2. The number of rotatable bonds is 3. The third-order valence-corrected chi connectivity index (χ3v) is 2.56. The van der Waals surface area contributed by atoms with Crippen molar-refractivity contribution in [3.63, 3.8) is 0 Å². The van der Waals surface area contributed by atoms with Gasteiger partial charge in [0.05, 0.1) is 10.6 Å². The Balaban J connectivity index is 2.83. The summed E-state index contributed by atoms with van der Waals surface area (Å²) >= 11 is 11.5. The SMILES string of the molecule is CNC(=O)C(C)NC(=O)c1cc(Cl)ncc1Cl. The van der Waals surface area contributed by atoms with Crippen LogP contribution in [0, 0.1) is 0 Å². The molecule has 0 saturated heterocycles. The van der Waals surface area contributed by atoms with Crippen LogP contribution in [0.1, 0.15) is 17.3 Å². The largest absolute Gasteiger partial charge is 0.357 e. The minimum atomic E-state index is -0.657. The number of halogens is 2. The van der Waals surface area contributed by atoms with Crippen molar-refractivity contribution in [3.05, 3.63) is 28.0 Å². The summed E-state index contributed by atoms with van der Waals surface area (Å²) in [6, 6.07) is 0.686. The lowest BCUT2D eigenvalue weighted by Crippen LogP contribution is -2.43. The van der Waals surface area contributed by atoms with Crippen LogP contribution >= 0.6 is 23.2 Å². The van der Waals surface area contributed by atoms with E-state index in [1.165, 1.54) is 19.3 Å². The van der Waals surface area contributed by atoms with Crippen LogP contribution in [0.3, 0.4) is 0 Å². The molecule has 2 N–H and O–H groups in total. The van der Waals surface area contributed by atoms with Gasteiger partial charge in [-0.3, -0.25) is 9.59 Å². The van der Waals surface area contributed by atoms with E-state index in [-0.39, 0.29) is 21.6 Å². The zero-order valence-electron chi connectivity index (χ0n) is 9.25. The average Bonchev–Trinajstić information content (AvgIpc) is 2.30. The molecule has 1 aromatic rings. The fourth-order valence-electron chi connectivity index (χ4n) is 1.14. The van der Waals surface area contributed by atoms with Crippen molar-refractivity contribution in [2.75, 3.05) is 7.05 Å². The Bertz CT molecular complexity index is 451. The van der Waals surface area contributed by atoms with E-state index in [1.54, 1.807) is 6.92 Å². The Hall–Kier alpha value is -1.33. The zero-order valence-corrected chi connectivity index (χ0v) is 10.8. The molecule has 0 spiro atoms. The lowest BCUT2D eigenvalue weighted by atomic mass is 10.2. The summed E-state index contributed by atoms with van der Waals surface area (Å²) < 4.78 is 0. The molecule has 1 rings (SSSR count). The van der Waals surface area contributed by atoms with Crippen LogP contribution in [0.15, 0.2) is 12.3 Å². The third-order valence-electron chi connectivity index (χ3n) is 2.05. The number of amides is 2. The van der Waals surface area contributed by atoms with E-state index in [0.717, 1.165) is 0 Å². The number of carbonyl (C=O) groups excluding carboxylic acids is 2. The monoisotopic (exact) mass is 275 g/mol. The van der Waals surface area contributed by atoms with Gasteiger partial charge in [0.25, 0.3) is 5.91 Å². The number of nitrogens with zero attached hydrogens (tertiary/aromatic N) is 1. The lowest BCUT2D eigenvalue weighted by Gasteiger charge is -2.12. The summed E-state index contributed by atoms with van der Waals surface area (Å²) in [4.78, 5) is 26.7. The normalized spacial score (nSPS) is 11.8. The van der Waals surface area contributed by atoms with Crippen molar-refractivity contribution < 1.29 is 9.59 Å². The summed E-state index contributed by atoms with van der Waals surface area (Å²) in [5.41, 5.74) is 0.183. The highest BCUT2D eigenvalue weighted by Gasteiger charge is 2.17. The highest BCUT2D eigenvalue weighted by atomic mass is 35.5. The highest BCUT2D eigenvalue weighted by molar-refractivity contribution is 6.35. The molecule has 1 heterocycles. The van der Waals surface area contributed by atoms with Gasteiger partial charge < -0.3 is 10.6 Å². The number of likely N-dealkylation sites (N-methyl/N-ethyl adjacent to an activating group) is 1. The van der Waals surface area contributed by atoms with Crippen molar-refractivity contribution in [2.24, 2.45) is 0 Å². The van der Waals surface area contributed by atoms with Crippen LogP contribution in [-0.2, 0) is 4.79 Å². The van der Waals surface area contributed by atoms with Gasteiger partial charge in [-0.1, -0.05) is 23.2 Å². The Morgan fingerprint density at radius 1 is 1.41 bits per heavy atom. The summed E-state index contributed by atoms with van der Waals surface area (Å²) in [7, 11) is 1.49. The van der Waals surface area contributed by atoms with Gasteiger partial charge in [0.2, 0.25) is 5.91 Å². The fourth-order valence-corrected chi connectivity index (χ4v) is 1.49. The summed E-state index contributed by atoms with van der Waals surface area (Å²) in [5, 5.41) is 5.25. The molecular weight excluding hydrogens is 265 g/mol. The highest BCUT2D eigenvalue weighted by Crippen LogP contribution is 2.17. The molecule has 0 aliphatic carbocycles. The Labute approximate surface area is 109 Å². The molecule has 0 bridgehead atoms. The van der Waals surface area contributed by atoms with Crippen LogP contribution in [-0.4, -0.2) is 29.9 Å². The first kappa shape index (κ1) is 13.7. The first-order valence-electron chi connectivity index (χ1n) is 4.79. The van der Waals surface area contributed by atoms with Gasteiger partial charge in [-0.25, -0.2) is 4.98 Å².